The van der Waals surface area contributed by atoms with Crippen LogP contribution in [-0.2, 0) is 16.9 Å². The fourth-order valence-electron chi connectivity index (χ4n) is 6.22. The molecule has 2 aromatic carbocycles. The highest BCUT2D eigenvalue weighted by molar-refractivity contribution is 6.08. The molecule has 2 aliphatic rings. The first-order valence-corrected chi connectivity index (χ1v) is 15.2. The second-order valence-electron chi connectivity index (χ2n) is 12.8. The Labute approximate surface area is 256 Å². The number of carboxylic acids is 1. The molecule has 1 fully saturated rings. The van der Waals surface area contributed by atoms with Gasteiger partial charge < -0.3 is 19.9 Å². The first kappa shape index (κ1) is 29.4. The van der Waals surface area contributed by atoms with E-state index in [1.54, 1.807) is 24.4 Å². The minimum Gasteiger partial charge on any atom is -0.481 e. The number of amides is 1. The Kier molecular flexibility index (Phi) is 7.88. The number of hydrogen-bond acceptors (Lipinski definition) is 4. The monoisotopic (exact) mass is 595 g/mol. The molecule has 2 aromatic heterocycles. The minimum absolute atomic E-state index is 0.274. The number of fused-ring (bicyclic) bond motifs is 1. The van der Waals surface area contributed by atoms with Crippen LogP contribution >= 0.6 is 0 Å². The zero-order valence-electron chi connectivity index (χ0n) is 25.3. The number of hydrogen-bond donors (Lipinski definition) is 2. The largest absolute Gasteiger partial charge is 0.481 e. The Morgan fingerprint density at radius 3 is 2.61 bits per heavy atom. The van der Waals surface area contributed by atoms with Gasteiger partial charge in [-0.1, -0.05) is 18.2 Å². The van der Waals surface area contributed by atoms with E-state index in [0.29, 0.717) is 29.3 Å². The van der Waals surface area contributed by atoms with Crippen LogP contribution < -0.4 is 5.32 Å². The SMILES string of the molecule is CC(C)(C)n1ncc(C(=O)Nc2ccc3ccn(CCC4CCN(C5=CCC(C(=O)O)C=C5)C4)c3c2)c1-c1ccc(F)cc1. The Morgan fingerprint density at radius 1 is 1.11 bits per heavy atom. The normalized spacial score (nSPS) is 18.5. The number of carbonyl (C=O) groups is 2. The fraction of sp³-hybridized carbons (Fsp3) is 0.343. The highest BCUT2D eigenvalue weighted by atomic mass is 19.1. The maximum Gasteiger partial charge on any atom is 0.310 e. The first-order chi connectivity index (χ1) is 21.1. The predicted molar refractivity (Wildman–Crippen MR) is 170 cm³/mol. The zero-order valence-corrected chi connectivity index (χ0v) is 25.3. The number of aromatic nitrogens is 3. The highest BCUT2D eigenvalue weighted by Gasteiger charge is 2.27. The molecule has 2 atom stereocenters. The number of halogens is 1. The zero-order chi connectivity index (χ0) is 31.0. The summed E-state index contributed by atoms with van der Waals surface area (Å²) >= 11 is 0. The summed E-state index contributed by atoms with van der Waals surface area (Å²) in [5, 5.41) is 17.9. The van der Waals surface area contributed by atoms with Crippen LogP contribution in [0.2, 0.25) is 0 Å². The van der Waals surface area contributed by atoms with Gasteiger partial charge in [-0.05, 0) is 99.9 Å². The lowest BCUT2D eigenvalue weighted by Gasteiger charge is -2.23. The van der Waals surface area contributed by atoms with Gasteiger partial charge in [0.2, 0.25) is 0 Å². The van der Waals surface area contributed by atoms with Gasteiger partial charge in [-0.2, -0.15) is 5.10 Å². The van der Waals surface area contributed by atoms with Crippen molar-refractivity contribution in [3.05, 3.63) is 96.2 Å². The summed E-state index contributed by atoms with van der Waals surface area (Å²) in [5.74, 6) is -1.26. The number of aryl methyl sites for hydroxylation is 1. The Hall–Kier alpha value is -4.66. The maximum absolute atomic E-state index is 13.7. The Balaban J connectivity index is 1.14. The fourth-order valence-corrected chi connectivity index (χ4v) is 6.22. The van der Waals surface area contributed by atoms with Crippen LogP contribution in [0.1, 0.15) is 50.4 Å². The molecule has 0 spiro atoms. The molecule has 1 saturated heterocycles. The molecule has 6 rings (SSSR count). The second-order valence-corrected chi connectivity index (χ2v) is 12.8. The van der Waals surface area contributed by atoms with E-state index in [9.17, 15) is 19.1 Å². The summed E-state index contributed by atoms with van der Waals surface area (Å²) < 4.78 is 17.7. The summed E-state index contributed by atoms with van der Waals surface area (Å²) in [6.07, 6.45) is 12.2. The summed E-state index contributed by atoms with van der Waals surface area (Å²) in [4.78, 5) is 27.2. The lowest BCUT2D eigenvalue weighted by Crippen LogP contribution is -2.24. The molecular weight excluding hydrogens is 557 g/mol. The van der Waals surface area contributed by atoms with Crippen molar-refractivity contribution < 1.29 is 19.1 Å². The van der Waals surface area contributed by atoms with Crippen LogP contribution in [0.5, 0.6) is 0 Å². The molecule has 1 aliphatic carbocycles. The van der Waals surface area contributed by atoms with Crippen LogP contribution in [0.25, 0.3) is 22.2 Å². The second kappa shape index (κ2) is 11.8. The molecular formula is C35H38FN5O3. The smallest absolute Gasteiger partial charge is 0.310 e. The number of aliphatic carboxylic acids is 1. The van der Waals surface area contributed by atoms with Crippen molar-refractivity contribution in [1.82, 2.24) is 19.2 Å². The topological polar surface area (TPSA) is 92.4 Å². The Morgan fingerprint density at radius 2 is 1.91 bits per heavy atom. The van der Waals surface area contributed by atoms with E-state index < -0.39 is 11.9 Å². The van der Waals surface area contributed by atoms with Crippen LogP contribution in [0.4, 0.5) is 10.1 Å². The van der Waals surface area contributed by atoms with Gasteiger partial charge in [-0.3, -0.25) is 14.3 Å². The van der Waals surface area contributed by atoms with Crippen molar-refractivity contribution in [3.63, 3.8) is 0 Å². The van der Waals surface area contributed by atoms with E-state index in [1.807, 2.05) is 55.8 Å². The maximum atomic E-state index is 13.7. The van der Waals surface area contributed by atoms with Crippen molar-refractivity contribution in [1.29, 1.82) is 0 Å². The number of carbonyl (C=O) groups excluding carboxylic acids is 1. The molecule has 228 valence electrons. The van der Waals surface area contributed by atoms with Gasteiger partial charge in [-0.15, -0.1) is 0 Å². The summed E-state index contributed by atoms with van der Waals surface area (Å²) in [6.45, 7) is 8.85. The molecule has 0 radical (unpaired) electrons. The number of likely N-dealkylation sites (tertiary alicyclic amines) is 1. The van der Waals surface area contributed by atoms with Gasteiger partial charge in [0.1, 0.15) is 5.82 Å². The van der Waals surface area contributed by atoms with Crippen molar-refractivity contribution >= 4 is 28.5 Å². The van der Waals surface area contributed by atoms with E-state index in [4.69, 9.17) is 0 Å². The summed E-state index contributed by atoms with van der Waals surface area (Å²) in [6, 6.07) is 14.2. The Bertz CT molecular complexity index is 1760. The van der Waals surface area contributed by atoms with E-state index in [2.05, 4.69) is 32.1 Å². The number of anilines is 1. The quantitative estimate of drug-likeness (QED) is 0.231. The van der Waals surface area contributed by atoms with Gasteiger partial charge >= 0.3 is 5.97 Å². The van der Waals surface area contributed by atoms with E-state index >= 15 is 0 Å². The molecule has 1 amide bonds. The summed E-state index contributed by atoms with van der Waals surface area (Å²) in [7, 11) is 0. The number of benzene rings is 2. The van der Waals surface area contributed by atoms with E-state index in [0.717, 1.165) is 54.6 Å². The number of carboxylic acid groups (broad SMARTS) is 1. The number of nitrogens with zero attached hydrogens (tertiary/aromatic N) is 4. The van der Waals surface area contributed by atoms with E-state index in [1.165, 1.54) is 12.1 Å². The lowest BCUT2D eigenvalue weighted by molar-refractivity contribution is -0.140. The average Bonchev–Trinajstić information content (AvgIpc) is 3.75. The highest BCUT2D eigenvalue weighted by Crippen LogP contribution is 2.31. The number of rotatable bonds is 8. The third-order valence-electron chi connectivity index (χ3n) is 8.63. The van der Waals surface area contributed by atoms with Crippen molar-refractivity contribution in [3.8, 4) is 11.3 Å². The predicted octanol–water partition coefficient (Wildman–Crippen LogP) is 6.91. The van der Waals surface area contributed by atoms with Gasteiger partial charge in [-0.25, -0.2) is 4.39 Å². The first-order valence-electron chi connectivity index (χ1n) is 15.2. The van der Waals surface area contributed by atoms with Gasteiger partial charge in [0.25, 0.3) is 5.91 Å². The molecule has 8 nitrogen and oxygen atoms in total. The molecule has 3 heterocycles. The minimum atomic E-state index is -0.774. The van der Waals surface area contributed by atoms with Gasteiger partial charge in [0.15, 0.2) is 0 Å². The van der Waals surface area contributed by atoms with Crippen molar-refractivity contribution in [2.45, 2.75) is 52.1 Å². The molecule has 1 aliphatic heterocycles. The molecule has 4 aromatic rings. The number of allylic oxidation sites excluding steroid dienone is 2. The van der Waals surface area contributed by atoms with Crippen LogP contribution in [0.3, 0.4) is 0 Å². The number of nitrogens with one attached hydrogen (secondary N) is 1. The molecule has 0 saturated carbocycles. The average molecular weight is 596 g/mol. The van der Waals surface area contributed by atoms with Gasteiger partial charge in [0.05, 0.1) is 34.4 Å². The molecule has 2 unspecified atom stereocenters. The molecule has 0 bridgehead atoms. The van der Waals surface area contributed by atoms with Crippen LogP contribution in [0, 0.1) is 17.7 Å². The third-order valence-corrected chi connectivity index (χ3v) is 8.63. The lowest BCUT2D eigenvalue weighted by atomic mass is 9.99. The molecule has 2 N–H and O–H groups in total. The third kappa shape index (κ3) is 6.04. The van der Waals surface area contributed by atoms with Gasteiger partial charge in [0, 0.05) is 42.8 Å². The standard InChI is InChI=1S/C35H38FN5O3/c1-35(2,3)41-32(25-4-9-27(36)10-5-25)30(21-37-41)33(42)38-28-11-6-24-16-19-39(31(24)20-28)17-14-23-15-18-40(22-23)29-12-7-26(8-13-29)34(43)44/h4-7,9-13,16,19-21,23,26H,8,14-15,17-18,22H2,1-3H3,(H,38,42)(H,43,44). The van der Waals surface area contributed by atoms with Crippen molar-refractivity contribution in [2.24, 2.45) is 11.8 Å². The molecule has 44 heavy (non-hydrogen) atoms. The summed E-state index contributed by atoms with van der Waals surface area (Å²) in [5.41, 5.74) is 4.29. The van der Waals surface area contributed by atoms with Crippen molar-refractivity contribution in [2.75, 3.05) is 18.4 Å². The van der Waals surface area contributed by atoms with E-state index in [-0.39, 0.29) is 17.3 Å². The molecule has 9 heteroatoms. The van der Waals surface area contributed by atoms with Crippen LogP contribution in [-0.4, -0.2) is 49.3 Å². The van der Waals surface area contributed by atoms with Crippen LogP contribution in [0.15, 0.2) is 84.8 Å².